The molecule has 0 saturated carbocycles. The van der Waals surface area contributed by atoms with Crippen molar-refractivity contribution in [3.63, 3.8) is 0 Å². The topological polar surface area (TPSA) is 83.4 Å². The van der Waals surface area contributed by atoms with Crippen molar-refractivity contribution in [2.45, 2.75) is 6.92 Å². The molecule has 4 aromatic rings. The van der Waals surface area contributed by atoms with E-state index in [-0.39, 0.29) is 22.7 Å². The highest BCUT2D eigenvalue weighted by molar-refractivity contribution is 7.80. The zero-order valence-electron chi connectivity index (χ0n) is 16.6. The highest BCUT2D eigenvalue weighted by Gasteiger charge is 2.13. The molecular weight excluding hydrogens is 410 g/mol. The molecule has 0 aliphatic heterocycles. The molecule has 31 heavy (non-hydrogen) atoms. The molecule has 0 bridgehead atoms. The Morgan fingerprint density at radius 2 is 1.68 bits per heavy atom. The van der Waals surface area contributed by atoms with Gasteiger partial charge in [0.05, 0.1) is 6.26 Å². The highest BCUT2D eigenvalue weighted by atomic mass is 32.1. The molecular formula is C24H19N3O3S. The predicted molar refractivity (Wildman–Crippen MR) is 125 cm³/mol. The van der Waals surface area contributed by atoms with Crippen LogP contribution in [-0.2, 0) is 0 Å². The number of hydrogen-bond donors (Lipinski definition) is 3. The smallest absolute Gasteiger partial charge is 0.291 e. The van der Waals surface area contributed by atoms with Gasteiger partial charge in [-0.2, -0.15) is 0 Å². The summed E-state index contributed by atoms with van der Waals surface area (Å²) in [6.45, 7) is 1.90. The van der Waals surface area contributed by atoms with E-state index >= 15 is 0 Å². The molecule has 0 spiro atoms. The number of amides is 2. The maximum Gasteiger partial charge on any atom is 0.291 e. The number of anilines is 2. The third kappa shape index (κ3) is 4.62. The fourth-order valence-corrected chi connectivity index (χ4v) is 3.38. The molecule has 154 valence electrons. The van der Waals surface area contributed by atoms with Crippen molar-refractivity contribution in [1.29, 1.82) is 0 Å². The average Bonchev–Trinajstić information content (AvgIpc) is 3.31. The van der Waals surface area contributed by atoms with Crippen LogP contribution in [-0.4, -0.2) is 16.9 Å². The van der Waals surface area contributed by atoms with Crippen LogP contribution in [0.1, 0.15) is 26.5 Å². The Morgan fingerprint density at radius 1 is 0.871 bits per heavy atom. The largest absolute Gasteiger partial charge is 0.459 e. The van der Waals surface area contributed by atoms with Crippen LogP contribution in [0.5, 0.6) is 0 Å². The maximum absolute atomic E-state index is 12.8. The maximum atomic E-state index is 12.8. The van der Waals surface area contributed by atoms with E-state index in [1.54, 1.807) is 30.3 Å². The molecule has 3 aromatic carbocycles. The summed E-state index contributed by atoms with van der Waals surface area (Å²) in [7, 11) is 0. The Labute approximate surface area is 184 Å². The molecule has 6 nitrogen and oxygen atoms in total. The summed E-state index contributed by atoms with van der Waals surface area (Å²) in [5.74, 6) is -0.436. The first-order valence-electron chi connectivity index (χ1n) is 9.57. The summed E-state index contributed by atoms with van der Waals surface area (Å²) in [5.41, 5.74) is 2.68. The van der Waals surface area contributed by atoms with E-state index in [0.717, 1.165) is 16.3 Å². The lowest BCUT2D eigenvalue weighted by molar-refractivity contribution is 0.0976. The van der Waals surface area contributed by atoms with Gasteiger partial charge in [-0.05, 0) is 65.8 Å². The lowest BCUT2D eigenvalue weighted by atomic mass is 10.0. The molecule has 4 rings (SSSR count). The number of rotatable bonds is 4. The third-order valence-corrected chi connectivity index (χ3v) is 4.95. The molecule has 0 atom stereocenters. The number of fused-ring (bicyclic) bond motifs is 1. The second-order valence-electron chi connectivity index (χ2n) is 6.90. The molecule has 0 radical (unpaired) electrons. The van der Waals surface area contributed by atoms with Gasteiger partial charge in [0.25, 0.3) is 11.8 Å². The SMILES string of the molecule is Cc1ccc(NC(=O)c2ccco2)cc1NC(=S)NC(=O)c1cccc2ccccc12. The van der Waals surface area contributed by atoms with Crippen molar-refractivity contribution in [1.82, 2.24) is 5.32 Å². The number of hydrogen-bond acceptors (Lipinski definition) is 4. The third-order valence-electron chi connectivity index (χ3n) is 4.75. The lowest BCUT2D eigenvalue weighted by Crippen LogP contribution is -2.34. The van der Waals surface area contributed by atoms with Crippen LogP contribution < -0.4 is 16.0 Å². The summed E-state index contributed by atoms with van der Waals surface area (Å²) in [6, 6.07) is 21.8. The van der Waals surface area contributed by atoms with Crippen LogP contribution in [0.25, 0.3) is 10.8 Å². The summed E-state index contributed by atoms with van der Waals surface area (Å²) in [6.07, 6.45) is 1.44. The minimum Gasteiger partial charge on any atom is -0.459 e. The Hall–Kier alpha value is -3.97. The molecule has 3 N–H and O–H groups in total. The molecule has 0 fully saturated rings. The lowest BCUT2D eigenvalue weighted by Gasteiger charge is -2.14. The van der Waals surface area contributed by atoms with E-state index in [2.05, 4.69) is 16.0 Å². The molecule has 0 aliphatic carbocycles. The number of benzene rings is 3. The fraction of sp³-hybridized carbons (Fsp3) is 0.0417. The number of aryl methyl sites for hydroxylation is 1. The minimum absolute atomic E-state index is 0.163. The van der Waals surface area contributed by atoms with Gasteiger partial charge in [-0.1, -0.05) is 42.5 Å². The van der Waals surface area contributed by atoms with Gasteiger partial charge < -0.3 is 15.1 Å². The number of carbonyl (C=O) groups is 2. The van der Waals surface area contributed by atoms with Crippen molar-refractivity contribution in [2.24, 2.45) is 0 Å². The van der Waals surface area contributed by atoms with Crippen LogP contribution in [0.15, 0.2) is 83.5 Å². The standard InChI is InChI=1S/C24H19N3O3S/c1-15-11-12-17(25-23(29)21-10-5-13-30-21)14-20(15)26-24(31)27-22(28)19-9-4-7-16-6-2-3-8-18(16)19/h2-14H,1H3,(H,25,29)(H2,26,27,28,31). The average molecular weight is 430 g/mol. The Bertz CT molecular complexity index is 1280. The quantitative estimate of drug-likeness (QED) is 0.392. The van der Waals surface area contributed by atoms with E-state index < -0.39 is 0 Å². The van der Waals surface area contributed by atoms with E-state index in [0.29, 0.717) is 16.9 Å². The highest BCUT2D eigenvalue weighted by Crippen LogP contribution is 2.22. The van der Waals surface area contributed by atoms with E-state index in [4.69, 9.17) is 16.6 Å². The molecule has 1 heterocycles. The summed E-state index contributed by atoms with van der Waals surface area (Å²) in [4.78, 5) is 25.0. The predicted octanol–water partition coefficient (Wildman–Crippen LogP) is 5.12. The van der Waals surface area contributed by atoms with Crippen molar-refractivity contribution < 1.29 is 14.0 Å². The molecule has 0 saturated heterocycles. The van der Waals surface area contributed by atoms with Crippen LogP contribution in [0, 0.1) is 6.92 Å². The summed E-state index contributed by atoms with van der Waals surface area (Å²) in [5, 5.41) is 10.5. The number of nitrogens with one attached hydrogen (secondary N) is 3. The zero-order valence-corrected chi connectivity index (χ0v) is 17.5. The Morgan fingerprint density at radius 3 is 2.48 bits per heavy atom. The van der Waals surface area contributed by atoms with Crippen LogP contribution in [0.3, 0.4) is 0 Å². The first-order valence-corrected chi connectivity index (χ1v) is 9.98. The van der Waals surface area contributed by atoms with Gasteiger partial charge in [-0.25, -0.2) is 0 Å². The molecule has 0 aliphatic rings. The van der Waals surface area contributed by atoms with E-state index in [9.17, 15) is 9.59 Å². The summed E-state index contributed by atoms with van der Waals surface area (Å²) >= 11 is 5.35. The van der Waals surface area contributed by atoms with Crippen LogP contribution >= 0.6 is 12.2 Å². The second kappa shape index (κ2) is 8.81. The van der Waals surface area contributed by atoms with Crippen molar-refractivity contribution in [3.8, 4) is 0 Å². The van der Waals surface area contributed by atoms with Gasteiger partial charge in [-0.15, -0.1) is 0 Å². The van der Waals surface area contributed by atoms with Gasteiger partial charge in [-0.3, -0.25) is 14.9 Å². The second-order valence-corrected chi connectivity index (χ2v) is 7.30. The first kappa shape index (κ1) is 20.3. The van der Waals surface area contributed by atoms with Crippen LogP contribution in [0.2, 0.25) is 0 Å². The first-order chi connectivity index (χ1) is 15.0. The number of furan rings is 1. The normalized spacial score (nSPS) is 10.5. The molecule has 7 heteroatoms. The van der Waals surface area contributed by atoms with E-state index in [1.165, 1.54) is 6.26 Å². The minimum atomic E-state index is -0.355. The van der Waals surface area contributed by atoms with Crippen molar-refractivity contribution in [2.75, 3.05) is 10.6 Å². The van der Waals surface area contributed by atoms with Gasteiger partial charge in [0, 0.05) is 16.9 Å². The van der Waals surface area contributed by atoms with E-state index in [1.807, 2.05) is 49.4 Å². The molecule has 2 amide bonds. The molecule has 0 unspecified atom stereocenters. The number of thiocarbonyl (C=S) groups is 1. The fourth-order valence-electron chi connectivity index (χ4n) is 3.18. The molecule has 1 aromatic heterocycles. The van der Waals surface area contributed by atoms with Crippen molar-refractivity contribution in [3.05, 3.63) is 95.9 Å². The monoisotopic (exact) mass is 429 g/mol. The van der Waals surface area contributed by atoms with Crippen LogP contribution in [0.4, 0.5) is 11.4 Å². The van der Waals surface area contributed by atoms with Gasteiger partial charge in [0.15, 0.2) is 10.9 Å². The Kier molecular flexibility index (Phi) is 5.77. The van der Waals surface area contributed by atoms with Crippen molar-refractivity contribution >= 4 is 51.3 Å². The van der Waals surface area contributed by atoms with Gasteiger partial charge in [0.2, 0.25) is 0 Å². The zero-order chi connectivity index (χ0) is 21.8. The summed E-state index contributed by atoms with van der Waals surface area (Å²) < 4.78 is 5.11. The number of carbonyl (C=O) groups excluding carboxylic acids is 2. The van der Waals surface area contributed by atoms with Gasteiger partial charge in [0.1, 0.15) is 0 Å². The Balaban J connectivity index is 1.46. The van der Waals surface area contributed by atoms with Gasteiger partial charge >= 0.3 is 0 Å².